The molecule has 0 atom stereocenters. The minimum atomic E-state index is -0.543. The number of imide groups is 1. The molecular weight excluding hydrogens is 412 g/mol. The molecule has 2 aromatic heterocycles. The van der Waals surface area contributed by atoms with Gasteiger partial charge in [0.1, 0.15) is 17.3 Å². The molecule has 0 radical (unpaired) electrons. The van der Waals surface area contributed by atoms with E-state index < -0.39 is 11.9 Å². The molecule has 3 fully saturated rings. The molecule has 2 aliphatic carbocycles. The molecule has 3 heterocycles. The Morgan fingerprint density at radius 2 is 1.75 bits per heavy atom. The number of anilines is 2. The Morgan fingerprint density at radius 1 is 1.06 bits per heavy atom. The third-order valence-electron chi connectivity index (χ3n) is 5.93. The first-order chi connectivity index (χ1) is 15.4. The molecular formula is C21H26N8O3. The van der Waals surface area contributed by atoms with Crippen molar-refractivity contribution < 1.29 is 14.4 Å². The van der Waals surface area contributed by atoms with Gasteiger partial charge in [-0.25, -0.2) is 9.78 Å². The van der Waals surface area contributed by atoms with Crippen molar-refractivity contribution in [3.8, 4) is 0 Å². The van der Waals surface area contributed by atoms with Crippen LogP contribution in [0.25, 0.3) is 11.7 Å². The van der Waals surface area contributed by atoms with Gasteiger partial charge in [0.2, 0.25) is 5.91 Å². The van der Waals surface area contributed by atoms with E-state index in [0.717, 1.165) is 50.2 Å². The van der Waals surface area contributed by atoms with E-state index in [2.05, 4.69) is 31.7 Å². The third kappa shape index (κ3) is 4.36. The van der Waals surface area contributed by atoms with Crippen molar-refractivity contribution in [2.24, 2.45) is 0 Å². The standard InChI is InChI=1S/C21H26N8O3/c1-11(30)23-13-2-4-14(5-3-13)24-17-9-18(25-15-6-7-15)29-19(27-17)12(10-22-29)8-16-20(31)28-21(32)26-16/h8-10,13-15,25H,2-7H2,1H3,(H,23,30)(H,24,27)(H2,26,28,31,32)/b16-8-. The highest BCUT2D eigenvalue weighted by Gasteiger charge is 2.26. The Bertz CT molecular complexity index is 1110. The van der Waals surface area contributed by atoms with Gasteiger partial charge in [0, 0.05) is 36.7 Å². The van der Waals surface area contributed by atoms with Gasteiger partial charge in [-0.3, -0.25) is 14.9 Å². The number of carbonyl (C=O) groups excluding carboxylic acids is 3. The van der Waals surface area contributed by atoms with Crippen LogP contribution in [0.3, 0.4) is 0 Å². The number of hydrogen-bond donors (Lipinski definition) is 5. The molecule has 0 unspecified atom stereocenters. The molecule has 0 bridgehead atoms. The summed E-state index contributed by atoms with van der Waals surface area (Å²) in [6, 6.07) is 2.33. The summed E-state index contributed by atoms with van der Waals surface area (Å²) < 4.78 is 1.72. The lowest BCUT2D eigenvalue weighted by molar-refractivity contribution is -0.120. The molecule has 4 amide bonds. The second-order valence-corrected chi connectivity index (χ2v) is 8.64. The summed E-state index contributed by atoms with van der Waals surface area (Å²) in [5.74, 6) is 1.09. The summed E-state index contributed by atoms with van der Waals surface area (Å²) in [4.78, 5) is 39.4. The highest BCUT2D eigenvalue weighted by Crippen LogP contribution is 2.29. The zero-order valence-corrected chi connectivity index (χ0v) is 17.8. The lowest BCUT2D eigenvalue weighted by Gasteiger charge is -2.29. The lowest BCUT2D eigenvalue weighted by atomic mass is 9.91. The summed E-state index contributed by atoms with van der Waals surface area (Å²) in [6.45, 7) is 1.55. The monoisotopic (exact) mass is 438 g/mol. The van der Waals surface area contributed by atoms with Crippen LogP contribution >= 0.6 is 0 Å². The van der Waals surface area contributed by atoms with Gasteiger partial charge < -0.3 is 21.3 Å². The van der Waals surface area contributed by atoms with Gasteiger partial charge in [-0.1, -0.05) is 0 Å². The Kier molecular flexibility index (Phi) is 5.16. The maximum Gasteiger partial charge on any atom is 0.326 e. The van der Waals surface area contributed by atoms with Gasteiger partial charge in [-0.15, -0.1) is 0 Å². The smallest absolute Gasteiger partial charge is 0.326 e. The van der Waals surface area contributed by atoms with Crippen molar-refractivity contribution in [2.45, 2.75) is 63.6 Å². The molecule has 3 aliphatic rings. The average Bonchev–Trinajstić information content (AvgIpc) is 3.38. The number of aromatic nitrogens is 3. The van der Waals surface area contributed by atoms with E-state index in [0.29, 0.717) is 17.3 Å². The Balaban J connectivity index is 1.40. The van der Waals surface area contributed by atoms with Crippen molar-refractivity contribution in [1.29, 1.82) is 0 Å². The normalized spacial score (nSPS) is 24.3. The second-order valence-electron chi connectivity index (χ2n) is 8.64. The SMILES string of the molecule is CC(=O)NC1CCC(Nc2cc(NC3CC3)n3ncc(/C=C4\NC(=O)NC4=O)c3n2)CC1. The number of rotatable bonds is 6. The van der Waals surface area contributed by atoms with E-state index in [4.69, 9.17) is 4.98 Å². The van der Waals surface area contributed by atoms with Gasteiger partial charge in [-0.2, -0.15) is 9.61 Å². The van der Waals surface area contributed by atoms with Gasteiger partial charge in [0.15, 0.2) is 5.65 Å². The number of hydrogen-bond acceptors (Lipinski definition) is 7. The van der Waals surface area contributed by atoms with Crippen LogP contribution in [0.15, 0.2) is 18.0 Å². The first-order valence-electron chi connectivity index (χ1n) is 11.0. The highest BCUT2D eigenvalue weighted by molar-refractivity contribution is 6.14. The van der Waals surface area contributed by atoms with Crippen molar-refractivity contribution in [3.05, 3.63) is 23.5 Å². The van der Waals surface area contributed by atoms with E-state index in [1.165, 1.54) is 0 Å². The minimum absolute atomic E-state index is 0.0128. The van der Waals surface area contributed by atoms with Crippen molar-refractivity contribution in [3.63, 3.8) is 0 Å². The topological polar surface area (TPSA) is 142 Å². The van der Waals surface area contributed by atoms with Crippen LogP contribution in [0.4, 0.5) is 16.4 Å². The van der Waals surface area contributed by atoms with Crippen LogP contribution < -0.4 is 26.6 Å². The predicted molar refractivity (Wildman–Crippen MR) is 118 cm³/mol. The van der Waals surface area contributed by atoms with Crippen LogP contribution in [-0.4, -0.2) is 50.6 Å². The Labute approximate surface area is 184 Å². The van der Waals surface area contributed by atoms with Crippen LogP contribution in [-0.2, 0) is 9.59 Å². The van der Waals surface area contributed by atoms with E-state index in [9.17, 15) is 14.4 Å². The summed E-state index contributed by atoms with van der Waals surface area (Å²) in [7, 11) is 0. The minimum Gasteiger partial charge on any atom is -0.367 e. The Hall–Kier alpha value is -3.63. The van der Waals surface area contributed by atoms with Gasteiger partial charge >= 0.3 is 6.03 Å². The number of carbonyl (C=O) groups is 3. The molecule has 11 nitrogen and oxygen atoms in total. The zero-order chi connectivity index (χ0) is 22.2. The van der Waals surface area contributed by atoms with E-state index in [1.54, 1.807) is 23.7 Å². The third-order valence-corrected chi connectivity index (χ3v) is 5.93. The maximum absolute atomic E-state index is 11.9. The van der Waals surface area contributed by atoms with E-state index in [1.807, 2.05) is 6.07 Å². The number of nitrogens with one attached hydrogen (secondary N) is 5. The summed E-state index contributed by atoms with van der Waals surface area (Å²) in [5, 5.41) is 19.2. The van der Waals surface area contributed by atoms with Crippen LogP contribution in [0.2, 0.25) is 0 Å². The summed E-state index contributed by atoms with van der Waals surface area (Å²) in [5.41, 5.74) is 1.39. The molecule has 2 aromatic rings. The lowest BCUT2D eigenvalue weighted by Crippen LogP contribution is -2.39. The van der Waals surface area contributed by atoms with Crippen molar-refractivity contribution >= 4 is 41.2 Å². The van der Waals surface area contributed by atoms with E-state index >= 15 is 0 Å². The van der Waals surface area contributed by atoms with Crippen LogP contribution in [0, 0.1) is 0 Å². The second kappa shape index (κ2) is 8.13. The molecule has 5 rings (SSSR count). The van der Waals surface area contributed by atoms with Crippen LogP contribution in [0.5, 0.6) is 0 Å². The average molecular weight is 438 g/mol. The summed E-state index contributed by atoms with van der Waals surface area (Å²) >= 11 is 0. The Morgan fingerprint density at radius 3 is 2.41 bits per heavy atom. The molecule has 1 aliphatic heterocycles. The van der Waals surface area contributed by atoms with Gasteiger partial charge in [-0.05, 0) is 44.6 Å². The fourth-order valence-electron chi connectivity index (χ4n) is 4.21. The number of nitrogens with zero attached hydrogens (tertiary/aromatic N) is 3. The molecule has 0 aromatic carbocycles. The number of amides is 4. The van der Waals surface area contributed by atoms with Crippen molar-refractivity contribution in [2.75, 3.05) is 10.6 Å². The van der Waals surface area contributed by atoms with Crippen molar-refractivity contribution in [1.82, 2.24) is 30.5 Å². The maximum atomic E-state index is 11.9. The van der Waals surface area contributed by atoms with Gasteiger partial charge in [0.05, 0.1) is 6.20 Å². The molecule has 11 heteroatoms. The highest BCUT2D eigenvalue weighted by atomic mass is 16.2. The number of urea groups is 1. The molecule has 168 valence electrons. The molecule has 5 N–H and O–H groups in total. The molecule has 32 heavy (non-hydrogen) atoms. The molecule has 2 saturated carbocycles. The predicted octanol–water partition coefficient (Wildman–Crippen LogP) is 1.34. The largest absolute Gasteiger partial charge is 0.367 e. The van der Waals surface area contributed by atoms with Crippen LogP contribution in [0.1, 0.15) is 51.0 Å². The first-order valence-corrected chi connectivity index (χ1v) is 11.0. The summed E-state index contributed by atoms with van der Waals surface area (Å²) in [6.07, 6.45) is 9.16. The van der Waals surface area contributed by atoms with Gasteiger partial charge in [0.25, 0.3) is 5.91 Å². The fourth-order valence-corrected chi connectivity index (χ4v) is 4.21. The molecule has 1 saturated heterocycles. The molecule has 0 spiro atoms. The zero-order valence-electron chi connectivity index (χ0n) is 17.8. The quantitative estimate of drug-likeness (QED) is 0.338. The number of fused-ring (bicyclic) bond motifs is 1. The fraction of sp³-hybridized carbons (Fsp3) is 0.476. The van der Waals surface area contributed by atoms with E-state index in [-0.39, 0.29) is 23.7 Å². The first kappa shape index (κ1) is 20.3.